The first kappa shape index (κ1) is 12.1. The standard InChI is InChI=1S/C14H20N2O/c1-11-4-5-14(13(8-11)10-17)16-7-6-15(3)12(2)9-16/h4-5,8,10,12H,6-7,9H2,1-3H3. The largest absolute Gasteiger partial charge is 0.368 e. The van der Waals surface area contributed by atoms with Crippen molar-refractivity contribution in [2.75, 3.05) is 31.6 Å². The Hall–Kier alpha value is -1.35. The van der Waals surface area contributed by atoms with Crippen LogP contribution in [-0.4, -0.2) is 43.9 Å². The van der Waals surface area contributed by atoms with E-state index in [0.29, 0.717) is 6.04 Å². The van der Waals surface area contributed by atoms with Crippen LogP contribution in [0.2, 0.25) is 0 Å². The number of piperazine rings is 1. The van der Waals surface area contributed by atoms with Crippen molar-refractivity contribution in [2.24, 2.45) is 0 Å². The number of benzene rings is 1. The van der Waals surface area contributed by atoms with Gasteiger partial charge in [-0.2, -0.15) is 0 Å². The minimum Gasteiger partial charge on any atom is -0.368 e. The first-order valence-corrected chi connectivity index (χ1v) is 6.13. The van der Waals surface area contributed by atoms with E-state index in [2.05, 4.69) is 35.9 Å². The quantitative estimate of drug-likeness (QED) is 0.728. The Labute approximate surface area is 103 Å². The van der Waals surface area contributed by atoms with Crippen LogP contribution in [0.25, 0.3) is 0 Å². The first-order chi connectivity index (χ1) is 8.11. The lowest BCUT2D eigenvalue weighted by Crippen LogP contribution is -2.50. The van der Waals surface area contributed by atoms with E-state index >= 15 is 0 Å². The maximum atomic E-state index is 11.1. The molecule has 0 aliphatic carbocycles. The molecule has 1 aromatic rings. The van der Waals surface area contributed by atoms with E-state index < -0.39 is 0 Å². The minimum atomic E-state index is 0.532. The molecular formula is C14H20N2O. The molecule has 92 valence electrons. The Morgan fingerprint density at radius 1 is 1.35 bits per heavy atom. The fourth-order valence-electron chi connectivity index (χ4n) is 2.32. The summed E-state index contributed by atoms with van der Waals surface area (Å²) in [5.74, 6) is 0. The average molecular weight is 232 g/mol. The third kappa shape index (κ3) is 2.50. The maximum Gasteiger partial charge on any atom is 0.152 e. The summed E-state index contributed by atoms with van der Waals surface area (Å²) < 4.78 is 0. The van der Waals surface area contributed by atoms with Crippen molar-refractivity contribution < 1.29 is 4.79 Å². The molecule has 0 N–H and O–H groups in total. The van der Waals surface area contributed by atoms with Crippen molar-refractivity contribution >= 4 is 12.0 Å². The zero-order valence-electron chi connectivity index (χ0n) is 10.8. The SMILES string of the molecule is Cc1ccc(N2CCN(C)C(C)C2)c(C=O)c1. The third-order valence-electron chi connectivity index (χ3n) is 3.61. The van der Waals surface area contributed by atoms with Gasteiger partial charge in [0.05, 0.1) is 0 Å². The van der Waals surface area contributed by atoms with Gasteiger partial charge in [-0.15, -0.1) is 0 Å². The van der Waals surface area contributed by atoms with Gasteiger partial charge < -0.3 is 9.80 Å². The molecule has 1 aromatic carbocycles. The Bertz CT molecular complexity index is 417. The highest BCUT2D eigenvalue weighted by Gasteiger charge is 2.22. The van der Waals surface area contributed by atoms with Gasteiger partial charge in [0, 0.05) is 36.9 Å². The number of nitrogens with zero attached hydrogens (tertiary/aromatic N) is 2. The van der Waals surface area contributed by atoms with Gasteiger partial charge in [0.15, 0.2) is 6.29 Å². The molecule has 1 atom stereocenters. The fraction of sp³-hybridized carbons (Fsp3) is 0.500. The summed E-state index contributed by atoms with van der Waals surface area (Å²) in [6.07, 6.45) is 0.964. The second-order valence-electron chi connectivity index (χ2n) is 4.96. The normalized spacial score (nSPS) is 21.6. The van der Waals surface area contributed by atoms with Crippen LogP contribution < -0.4 is 4.90 Å². The predicted octanol–water partition coefficient (Wildman–Crippen LogP) is 1.95. The number of aryl methyl sites for hydroxylation is 1. The monoisotopic (exact) mass is 232 g/mol. The first-order valence-electron chi connectivity index (χ1n) is 6.13. The number of aldehydes is 1. The van der Waals surface area contributed by atoms with Gasteiger partial charge in [-0.25, -0.2) is 0 Å². The van der Waals surface area contributed by atoms with Crippen molar-refractivity contribution in [2.45, 2.75) is 19.9 Å². The van der Waals surface area contributed by atoms with Gasteiger partial charge in [-0.1, -0.05) is 11.6 Å². The van der Waals surface area contributed by atoms with Crippen LogP contribution in [0, 0.1) is 6.92 Å². The average Bonchev–Trinajstić information content (AvgIpc) is 2.32. The molecule has 1 saturated heterocycles. The summed E-state index contributed by atoms with van der Waals surface area (Å²) in [5.41, 5.74) is 3.02. The zero-order chi connectivity index (χ0) is 12.4. The van der Waals surface area contributed by atoms with Gasteiger partial charge in [-0.05, 0) is 33.0 Å². The highest BCUT2D eigenvalue weighted by Crippen LogP contribution is 2.23. The number of anilines is 1. The number of hydrogen-bond donors (Lipinski definition) is 0. The van der Waals surface area contributed by atoms with E-state index in [1.807, 2.05) is 13.0 Å². The van der Waals surface area contributed by atoms with Crippen LogP contribution in [0.1, 0.15) is 22.8 Å². The molecule has 1 unspecified atom stereocenters. The van der Waals surface area contributed by atoms with E-state index in [-0.39, 0.29) is 0 Å². The van der Waals surface area contributed by atoms with E-state index in [9.17, 15) is 4.79 Å². The van der Waals surface area contributed by atoms with Crippen molar-refractivity contribution in [1.82, 2.24) is 4.90 Å². The van der Waals surface area contributed by atoms with Crippen LogP contribution in [0.5, 0.6) is 0 Å². The number of carbonyl (C=O) groups is 1. The summed E-state index contributed by atoms with van der Waals surface area (Å²) in [6, 6.07) is 6.64. The van der Waals surface area contributed by atoms with Crippen LogP contribution in [0.4, 0.5) is 5.69 Å². The van der Waals surface area contributed by atoms with Crippen LogP contribution in [0.3, 0.4) is 0 Å². The Kier molecular flexibility index (Phi) is 3.48. The molecule has 0 spiro atoms. The number of hydrogen-bond acceptors (Lipinski definition) is 3. The molecule has 3 nitrogen and oxygen atoms in total. The molecule has 3 heteroatoms. The van der Waals surface area contributed by atoms with E-state index in [1.165, 1.54) is 0 Å². The summed E-state index contributed by atoms with van der Waals surface area (Å²) in [7, 11) is 2.15. The zero-order valence-corrected chi connectivity index (χ0v) is 10.8. The van der Waals surface area contributed by atoms with Gasteiger partial charge in [0.2, 0.25) is 0 Å². The fourth-order valence-corrected chi connectivity index (χ4v) is 2.32. The van der Waals surface area contributed by atoms with E-state index in [0.717, 1.165) is 42.7 Å². The lowest BCUT2D eigenvalue weighted by atomic mass is 10.1. The third-order valence-corrected chi connectivity index (χ3v) is 3.61. The molecule has 0 radical (unpaired) electrons. The molecule has 1 heterocycles. The molecule has 0 aromatic heterocycles. The Morgan fingerprint density at radius 3 is 2.76 bits per heavy atom. The molecule has 2 rings (SSSR count). The van der Waals surface area contributed by atoms with Crippen LogP contribution in [-0.2, 0) is 0 Å². The van der Waals surface area contributed by atoms with Gasteiger partial charge in [-0.3, -0.25) is 4.79 Å². The number of carbonyl (C=O) groups excluding carboxylic acids is 1. The lowest BCUT2D eigenvalue weighted by molar-refractivity contribution is 0.112. The summed E-state index contributed by atoms with van der Waals surface area (Å²) >= 11 is 0. The maximum absolute atomic E-state index is 11.1. The smallest absolute Gasteiger partial charge is 0.152 e. The summed E-state index contributed by atoms with van der Waals surface area (Å²) in [5, 5.41) is 0. The second-order valence-corrected chi connectivity index (χ2v) is 4.96. The summed E-state index contributed by atoms with van der Waals surface area (Å²) in [6.45, 7) is 7.27. The lowest BCUT2D eigenvalue weighted by Gasteiger charge is -2.39. The second kappa shape index (κ2) is 4.88. The molecule has 1 fully saturated rings. The van der Waals surface area contributed by atoms with Crippen LogP contribution >= 0.6 is 0 Å². The highest BCUT2D eigenvalue weighted by molar-refractivity contribution is 5.85. The number of rotatable bonds is 2. The van der Waals surface area contributed by atoms with E-state index in [1.54, 1.807) is 0 Å². The molecule has 0 bridgehead atoms. The molecule has 0 saturated carbocycles. The minimum absolute atomic E-state index is 0.532. The molecular weight excluding hydrogens is 212 g/mol. The Morgan fingerprint density at radius 2 is 2.12 bits per heavy atom. The highest BCUT2D eigenvalue weighted by atomic mass is 16.1. The molecule has 1 aliphatic heterocycles. The van der Waals surface area contributed by atoms with Gasteiger partial charge in [0.1, 0.15) is 0 Å². The molecule has 1 aliphatic rings. The molecule has 0 amide bonds. The topological polar surface area (TPSA) is 23.6 Å². The Balaban J connectivity index is 2.25. The van der Waals surface area contributed by atoms with Crippen molar-refractivity contribution in [1.29, 1.82) is 0 Å². The van der Waals surface area contributed by atoms with Crippen molar-refractivity contribution in [3.63, 3.8) is 0 Å². The predicted molar refractivity (Wildman–Crippen MR) is 70.9 cm³/mol. The van der Waals surface area contributed by atoms with Crippen molar-refractivity contribution in [3.05, 3.63) is 29.3 Å². The van der Waals surface area contributed by atoms with Crippen molar-refractivity contribution in [3.8, 4) is 0 Å². The van der Waals surface area contributed by atoms with Gasteiger partial charge in [0.25, 0.3) is 0 Å². The van der Waals surface area contributed by atoms with E-state index in [4.69, 9.17) is 0 Å². The van der Waals surface area contributed by atoms with Gasteiger partial charge >= 0.3 is 0 Å². The van der Waals surface area contributed by atoms with Crippen LogP contribution in [0.15, 0.2) is 18.2 Å². The number of likely N-dealkylation sites (N-methyl/N-ethyl adjacent to an activating group) is 1. The summed E-state index contributed by atoms with van der Waals surface area (Å²) in [4.78, 5) is 15.8. The molecule has 17 heavy (non-hydrogen) atoms.